The maximum Gasteiger partial charge on any atom is 0.325 e. The number of amides is 2. The average molecular weight is 381 g/mol. The second-order valence-corrected chi connectivity index (χ2v) is 6.27. The lowest BCUT2D eigenvalue weighted by Crippen LogP contribution is -2.45. The molecule has 0 aliphatic carbocycles. The lowest BCUT2D eigenvalue weighted by atomic mass is 10.0. The molecule has 0 saturated heterocycles. The van der Waals surface area contributed by atoms with E-state index >= 15 is 0 Å². The van der Waals surface area contributed by atoms with Crippen LogP contribution in [0.15, 0.2) is 18.2 Å². The van der Waals surface area contributed by atoms with E-state index in [-0.39, 0.29) is 17.0 Å². The number of nitro groups is 1. The summed E-state index contributed by atoms with van der Waals surface area (Å²) in [5, 5.41) is 16.0. The van der Waals surface area contributed by atoms with E-state index in [1.807, 2.05) is 20.8 Å². The Labute approximate surface area is 156 Å². The van der Waals surface area contributed by atoms with Crippen LogP contribution in [-0.2, 0) is 14.3 Å². The number of carbonyl (C=O) groups excluding carboxylic acids is 3. The summed E-state index contributed by atoms with van der Waals surface area (Å²) < 4.78 is 9.64. The number of hydrogen-bond donors (Lipinski definition) is 2. The number of carbonyl (C=O) groups is 3. The van der Waals surface area contributed by atoms with Crippen LogP contribution in [0.3, 0.4) is 0 Å². The van der Waals surface area contributed by atoms with E-state index in [0.717, 1.165) is 6.07 Å². The number of hydrogen-bond acceptors (Lipinski definition) is 7. The van der Waals surface area contributed by atoms with Crippen molar-refractivity contribution in [2.24, 2.45) is 0 Å². The zero-order valence-corrected chi connectivity index (χ0v) is 15.7. The maximum absolute atomic E-state index is 12.0. The number of ether oxygens (including phenoxy) is 2. The first-order valence-corrected chi connectivity index (χ1v) is 8.17. The van der Waals surface area contributed by atoms with Crippen molar-refractivity contribution in [2.45, 2.75) is 32.7 Å². The van der Waals surface area contributed by atoms with E-state index < -0.39 is 41.4 Å². The zero-order chi connectivity index (χ0) is 20.6. The standard InChI is InChI=1S/C17H23N3O7/c1-5-17(2,3)19-14(21)10-27-15(22)9-18-16(23)11-6-7-13(26-4)12(8-11)20(24)25/h6-8H,5,9-10H2,1-4H3,(H,18,23)(H,19,21). The van der Waals surface area contributed by atoms with Crippen LogP contribution >= 0.6 is 0 Å². The van der Waals surface area contributed by atoms with Gasteiger partial charge in [-0.3, -0.25) is 24.5 Å². The van der Waals surface area contributed by atoms with Crippen LogP contribution < -0.4 is 15.4 Å². The van der Waals surface area contributed by atoms with Crippen molar-refractivity contribution in [3.8, 4) is 5.75 Å². The molecular formula is C17H23N3O7. The molecule has 0 spiro atoms. The molecular weight excluding hydrogens is 358 g/mol. The first-order chi connectivity index (χ1) is 12.6. The van der Waals surface area contributed by atoms with Crippen molar-refractivity contribution in [1.29, 1.82) is 0 Å². The van der Waals surface area contributed by atoms with E-state index in [1.165, 1.54) is 19.2 Å². The van der Waals surface area contributed by atoms with Gasteiger partial charge in [0.15, 0.2) is 12.4 Å². The predicted octanol–water partition coefficient (Wildman–Crippen LogP) is 1.18. The Balaban J connectivity index is 2.55. The summed E-state index contributed by atoms with van der Waals surface area (Å²) in [6.45, 7) is 4.63. The summed E-state index contributed by atoms with van der Waals surface area (Å²) in [5.74, 6) is -1.95. The minimum absolute atomic E-state index is 0.0111. The molecule has 1 aromatic rings. The minimum atomic E-state index is -0.809. The molecule has 0 atom stereocenters. The van der Waals surface area contributed by atoms with Gasteiger partial charge in [0.05, 0.1) is 12.0 Å². The highest BCUT2D eigenvalue weighted by atomic mass is 16.6. The van der Waals surface area contributed by atoms with Gasteiger partial charge in [-0.25, -0.2) is 0 Å². The quantitative estimate of drug-likeness (QED) is 0.372. The van der Waals surface area contributed by atoms with Crippen molar-refractivity contribution >= 4 is 23.5 Å². The number of methoxy groups -OCH3 is 1. The van der Waals surface area contributed by atoms with E-state index in [2.05, 4.69) is 10.6 Å². The second kappa shape index (κ2) is 9.51. The third-order valence-corrected chi connectivity index (χ3v) is 3.76. The van der Waals surface area contributed by atoms with Gasteiger partial charge in [-0.2, -0.15) is 0 Å². The molecule has 2 N–H and O–H groups in total. The summed E-state index contributed by atoms with van der Waals surface area (Å²) in [6, 6.07) is 3.65. The fourth-order valence-corrected chi connectivity index (χ4v) is 1.93. The molecule has 1 rings (SSSR count). The highest BCUT2D eigenvalue weighted by molar-refractivity contribution is 5.97. The van der Waals surface area contributed by atoms with Crippen LogP contribution in [-0.4, -0.2) is 48.5 Å². The molecule has 27 heavy (non-hydrogen) atoms. The van der Waals surface area contributed by atoms with Gasteiger partial charge in [-0.15, -0.1) is 0 Å². The Morgan fingerprint density at radius 3 is 2.48 bits per heavy atom. The third kappa shape index (κ3) is 6.92. The second-order valence-electron chi connectivity index (χ2n) is 6.27. The van der Waals surface area contributed by atoms with E-state index in [1.54, 1.807) is 0 Å². The fourth-order valence-electron chi connectivity index (χ4n) is 1.93. The van der Waals surface area contributed by atoms with Gasteiger partial charge in [0.25, 0.3) is 11.8 Å². The van der Waals surface area contributed by atoms with Gasteiger partial charge >= 0.3 is 11.7 Å². The molecule has 0 aliphatic heterocycles. The number of nitrogens with one attached hydrogen (secondary N) is 2. The SMILES string of the molecule is CCC(C)(C)NC(=O)COC(=O)CNC(=O)c1ccc(OC)c([N+](=O)[O-])c1. The van der Waals surface area contributed by atoms with Gasteiger partial charge in [0, 0.05) is 17.2 Å². The Morgan fingerprint density at radius 2 is 1.93 bits per heavy atom. The van der Waals surface area contributed by atoms with E-state index in [9.17, 15) is 24.5 Å². The van der Waals surface area contributed by atoms with Crippen molar-refractivity contribution in [3.05, 3.63) is 33.9 Å². The van der Waals surface area contributed by atoms with Crippen LogP contribution in [0.4, 0.5) is 5.69 Å². The Kier molecular flexibility index (Phi) is 7.70. The molecule has 148 valence electrons. The molecule has 0 aliphatic rings. The summed E-state index contributed by atoms with van der Waals surface area (Å²) in [7, 11) is 1.27. The molecule has 0 radical (unpaired) electrons. The average Bonchev–Trinajstić information content (AvgIpc) is 2.63. The number of rotatable bonds is 9. The first-order valence-electron chi connectivity index (χ1n) is 8.17. The van der Waals surface area contributed by atoms with Crippen LogP contribution in [0.1, 0.15) is 37.6 Å². The highest BCUT2D eigenvalue weighted by Crippen LogP contribution is 2.27. The molecule has 0 fully saturated rings. The maximum atomic E-state index is 12.0. The van der Waals surface area contributed by atoms with Crippen molar-refractivity contribution in [1.82, 2.24) is 10.6 Å². The van der Waals surface area contributed by atoms with Gasteiger partial charge in [0.1, 0.15) is 6.54 Å². The predicted molar refractivity (Wildman–Crippen MR) is 95.5 cm³/mol. The largest absolute Gasteiger partial charge is 0.490 e. The summed E-state index contributed by atoms with van der Waals surface area (Å²) in [5.41, 5.74) is -0.804. The van der Waals surface area contributed by atoms with Crippen molar-refractivity contribution in [3.63, 3.8) is 0 Å². The Bertz CT molecular complexity index is 731. The molecule has 0 heterocycles. The van der Waals surface area contributed by atoms with Crippen LogP contribution in [0, 0.1) is 10.1 Å². The Hall–Kier alpha value is -3.17. The van der Waals surface area contributed by atoms with Crippen LogP contribution in [0.5, 0.6) is 5.75 Å². The number of esters is 1. The molecule has 0 unspecified atom stereocenters. The monoisotopic (exact) mass is 381 g/mol. The third-order valence-electron chi connectivity index (χ3n) is 3.76. The summed E-state index contributed by atoms with van der Waals surface area (Å²) in [6.07, 6.45) is 0.705. The molecule has 10 heteroatoms. The lowest BCUT2D eigenvalue weighted by Gasteiger charge is -2.24. The Morgan fingerprint density at radius 1 is 1.26 bits per heavy atom. The number of benzene rings is 1. The molecule has 10 nitrogen and oxygen atoms in total. The highest BCUT2D eigenvalue weighted by Gasteiger charge is 2.20. The molecule has 1 aromatic carbocycles. The van der Waals surface area contributed by atoms with Crippen LogP contribution in [0.2, 0.25) is 0 Å². The molecule has 0 bridgehead atoms. The van der Waals surface area contributed by atoms with E-state index in [0.29, 0.717) is 6.42 Å². The molecule has 2 amide bonds. The van der Waals surface area contributed by atoms with Gasteiger partial charge < -0.3 is 20.1 Å². The van der Waals surface area contributed by atoms with Crippen molar-refractivity contribution < 1.29 is 28.8 Å². The molecule has 0 saturated carbocycles. The van der Waals surface area contributed by atoms with Gasteiger partial charge in [0.2, 0.25) is 0 Å². The number of nitro benzene ring substituents is 1. The van der Waals surface area contributed by atoms with Gasteiger partial charge in [-0.1, -0.05) is 6.92 Å². The van der Waals surface area contributed by atoms with Crippen molar-refractivity contribution in [2.75, 3.05) is 20.3 Å². The topological polar surface area (TPSA) is 137 Å². The molecule has 0 aromatic heterocycles. The normalized spacial score (nSPS) is 10.7. The van der Waals surface area contributed by atoms with E-state index in [4.69, 9.17) is 9.47 Å². The summed E-state index contributed by atoms with van der Waals surface area (Å²) >= 11 is 0. The minimum Gasteiger partial charge on any atom is -0.490 e. The zero-order valence-electron chi connectivity index (χ0n) is 15.7. The fraction of sp³-hybridized carbons (Fsp3) is 0.471. The first kappa shape index (κ1) is 21.9. The van der Waals surface area contributed by atoms with Gasteiger partial charge in [-0.05, 0) is 32.4 Å². The lowest BCUT2D eigenvalue weighted by molar-refractivity contribution is -0.385. The summed E-state index contributed by atoms with van der Waals surface area (Å²) in [4.78, 5) is 45.7. The number of nitrogens with zero attached hydrogens (tertiary/aromatic N) is 1. The smallest absolute Gasteiger partial charge is 0.325 e. The van der Waals surface area contributed by atoms with Crippen LogP contribution in [0.25, 0.3) is 0 Å².